The summed E-state index contributed by atoms with van der Waals surface area (Å²) in [6, 6.07) is 2.57. The van der Waals surface area contributed by atoms with Gasteiger partial charge in [-0.2, -0.15) is 0 Å². The average molecular weight is 283 g/mol. The van der Waals surface area contributed by atoms with Gasteiger partial charge in [0.05, 0.1) is 0 Å². The number of nitrogens with zero attached hydrogens (tertiary/aromatic N) is 1. The Morgan fingerprint density at radius 3 is 2.63 bits per heavy atom. The molecule has 5 heteroatoms. The number of hydrogen-bond acceptors (Lipinski definition) is 4. The summed E-state index contributed by atoms with van der Waals surface area (Å²) in [7, 11) is 0. The smallest absolute Gasteiger partial charge is 0.144 e. The summed E-state index contributed by atoms with van der Waals surface area (Å²) in [4.78, 5) is 2.71. The van der Waals surface area contributed by atoms with Gasteiger partial charge in [-0.3, -0.25) is 0 Å². The van der Waals surface area contributed by atoms with E-state index in [0.29, 0.717) is 6.04 Å². The summed E-state index contributed by atoms with van der Waals surface area (Å²) in [5.41, 5.74) is 6.75. The number of nitrogens with two attached hydrogens (primary N) is 1. The van der Waals surface area contributed by atoms with Crippen LogP contribution in [0.1, 0.15) is 48.6 Å². The Kier molecular flexibility index (Phi) is 5.38. The molecule has 0 radical (unpaired) electrons. The van der Waals surface area contributed by atoms with Crippen molar-refractivity contribution in [2.24, 2.45) is 16.3 Å². The standard InChI is InChI=1S/C14H25N3OS/c1-9-8-12(11(3)19-9)10(2)16-7-6-14(4,5)13(15)17-18/h8,10,16,18H,6-7H2,1-5H3,(H2,15,17). The second-order valence-corrected chi connectivity index (χ2v) is 7.12. The highest BCUT2D eigenvalue weighted by atomic mass is 32.1. The molecular weight excluding hydrogens is 258 g/mol. The predicted molar refractivity (Wildman–Crippen MR) is 82.0 cm³/mol. The Bertz CT molecular complexity index is 452. The number of hydrogen-bond donors (Lipinski definition) is 3. The fourth-order valence-corrected chi connectivity index (χ4v) is 3.08. The van der Waals surface area contributed by atoms with E-state index >= 15 is 0 Å². The van der Waals surface area contributed by atoms with Crippen molar-refractivity contribution in [1.29, 1.82) is 0 Å². The lowest BCUT2D eigenvalue weighted by Gasteiger charge is -2.24. The number of aryl methyl sites for hydroxylation is 2. The van der Waals surface area contributed by atoms with E-state index in [1.807, 2.05) is 25.2 Å². The van der Waals surface area contributed by atoms with Gasteiger partial charge in [0.1, 0.15) is 5.84 Å². The van der Waals surface area contributed by atoms with Crippen molar-refractivity contribution in [3.8, 4) is 0 Å². The second-order valence-electron chi connectivity index (χ2n) is 5.66. The predicted octanol–water partition coefficient (Wildman–Crippen LogP) is 3.18. The highest BCUT2D eigenvalue weighted by Gasteiger charge is 2.23. The molecule has 0 saturated heterocycles. The topological polar surface area (TPSA) is 70.6 Å². The third kappa shape index (κ3) is 4.21. The van der Waals surface area contributed by atoms with E-state index < -0.39 is 0 Å². The Hall–Kier alpha value is -1.07. The van der Waals surface area contributed by atoms with Crippen LogP contribution in [0.4, 0.5) is 0 Å². The van der Waals surface area contributed by atoms with E-state index in [1.54, 1.807) is 0 Å². The van der Waals surface area contributed by atoms with Gasteiger partial charge in [-0.25, -0.2) is 0 Å². The summed E-state index contributed by atoms with van der Waals surface area (Å²) >= 11 is 1.83. The molecule has 0 fully saturated rings. The zero-order valence-electron chi connectivity index (χ0n) is 12.4. The number of oxime groups is 1. The molecule has 0 aliphatic rings. The number of thiophene rings is 1. The normalized spacial score (nSPS) is 14.7. The van der Waals surface area contributed by atoms with E-state index in [2.05, 4.69) is 37.3 Å². The Balaban J connectivity index is 2.52. The van der Waals surface area contributed by atoms with Crippen LogP contribution in [0.5, 0.6) is 0 Å². The van der Waals surface area contributed by atoms with Crippen LogP contribution in [0.25, 0.3) is 0 Å². The second kappa shape index (κ2) is 6.39. The van der Waals surface area contributed by atoms with Gasteiger partial charge in [-0.05, 0) is 45.4 Å². The number of rotatable bonds is 6. The van der Waals surface area contributed by atoms with Gasteiger partial charge in [0, 0.05) is 21.2 Å². The molecule has 4 nitrogen and oxygen atoms in total. The molecule has 0 amide bonds. The number of amidine groups is 1. The maximum absolute atomic E-state index is 8.74. The fraction of sp³-hybridized carbons (Fsp3) is 0.643. The molecule has 1 aromatic rings. The molecule has 0 saturated carbocycles. The Morgan fingerprint density at radius 2 is 2.16 bits per heavy atom. The quantitative estimate of drug-likeness (QED) is 0.325. The first-order valence-electron chi connectivity index (χ1n) is 6.56. The molecule has 1 rings (SSSR count). The van der Waals surface area contributed by atoms with Crippen molar-refractivity contribution in [3.63, 3.8) is 0 Å². The van der Waals surface area contributed by atoms with Gasteiger partial charge < -0.3 is 16.3 Å². The molecule has 4 N–H and O–H groups in total. The van der Waals surface area contributed by atoms with Crippen molar-refractivity contribution in [2.45, 2.75) is 47.1 Å². The van der Waals surface area contributed by atoms with Gasteiger partial charge in [-0.15, -0.1) is 11.3 Å². The number of nitrogens with one attached hydrogen (secondary N) is 1. The highest BCUT2D eigenvalue weighted by molar-refractivity contribution is 7.12. The van der Waals surface area contributed by atoms with Crippen LogP contribution in [-0.4, -0.2) is 17.6 Å². The third-order valence-electron chi connectivity index (χ3n) is 3.55. The first-order chi connectivity index (χ1) is 8.77. The lowest BCUT2D eigenvalue weighted by molar-refractivity contribution is 0.304. The maximum atomic E-state index is 8.74. The monoisotopic (exact) mass is 283 g/mol. The van der Waals surface area contributed by atoms with E-state index in [9.17, 15) is 0 Å². The van der Waals surface area contributed by atoms with E-state index in [4.69, 9.17) is 10.9 Å². The molecule has 0 aromatic carbocycles. The summed E-state index contributed by atoms with van der Waals surface area (Å²) in [6.07, 6.45) is 0.829. The molecule has 1 unspecified atom stereocenters. The van der Waals surface area contributed by atoms with Gasteiger partial charge >= 0.3 is 0 Å². The van der Waals surface area contributed by atoms with Gasteiger partial charge in [0.25, 0.3) is 0 Å². The molecule has 0 aliphatic heterocycles. The van der Waals surface area contributed by atoms with Crippen molar-refractivity contribution in [1.82, 2.24) is 5.32 Å². The molecular formula is C14H25N3OS. The molecule has 1 aromatic heterocycles. The van der Waals surface area contributed by atoms with Crippen LogP contribution in [0, 0.1) is 19.3 Å². The molecule has 0 bridgehead atoms. The van der Waals surface area contributed by atoms with Crippen LogP contribution >= 0.6 is 11.3 Å². The fourth-order valence-electron chi connectivity index (χ4n) is 2.05. The zero-order valence-corrected chi connectivity index (χ0v) is 13.3. The van der Waals surface area contributed by atoms with E-state index in [-0.39, 0.29) is 11.3 Å². The van der Waals surface area contributed by atoms with Crippen LogP contribution in [0.3, 0.4) is 0 Å². The minimum atomic E-state index is -0.291. The SMILES string of the molecule is Cc1cc(C(C)NCCC(C)(C)C(N)=NO)c(C)s1. The molecule has 19 heavy (non-hydrogen) atoms. The molecule has 108 valence electrons. The highest BCUT2D eigenvalue weighted by Crippen LogP contribution is 2.26. The molecule has 0 aliphatic carbocycles. The van der Waals surface area contributed by atoms with Crippen LogP contribution in [0.15, 0.2) is 11.2 Å². The minimum absolute atomic E-state index is 0.282. The average Bonchev–Trinajstić information content (AvgIpc) is 2.67. The summed E-state index contributed by atoms with van der Waals surface area (Å²) in [5, 5.41) is 15.3. The van der Waals surface area contributed by atoms with E-state index in [0.717, 1.165) is 13.0 Å². The van der Waals surface area contributed by atoms with Crippen LogP contribution in [0.2, 0.25) is 0 Å². The zero-order chi connectivity index (χ0) is 14.6. The molecule has 0 spiro atoms. The summed E-state index contributed by atoms with van der Waals surface area (Å²) < 4.78 is 0. The lowest BCUT2D eigenvalue weighted by atomic mass is 9.88. The maximum Gasteiger partial charge on any atom is 0.144 e. The Morgan fingerprint density at radius 1 is 1.53 bits per heavy atom. The molecule has 1 heterocycles. The summed E-state index contributed by atoms with van der Waals surface area (Å²) in [5.74, 6) is 0.282. The summed E-state index contributed by atoms with van der Waals surface area (Å²) in [6.45, 7) is 11.3. The van der Waals surface area contributed by atoms with E-state index in [1.165, 1.54) is 15.3 Å². The van der Waals surface area contributed by atoms with Gasteiger partial charge in [0.2, 0.25) is 0 Å². The van der Waals surface area contributed by atoms with Crippen molar-refractivity contribution < 1.29 is 5.21 Å². The molecule has 1 atom stereocenters. The van der Waals surface area contributed by atoms with Crippen molar-refractivity contribution in [3.05, 3.63) is 21.4 Å². The van der Waals surface area contributed by atoms with Gasteiger partial charge in [-0.1, -0.05) is 19.0 Å². The largest absolute Gasteiger partial charge is 0.409 e. The van der Waals surface area contributed by atoms with Crippen molar-refractivity contribution >= 4 is 17.2 Å². The lowest BCUT2D eigenvalue weighted by Crippen LogP contribution is -2.35. The Labute approximate surface area is 119 Å². The third-order valence-corrected chi connectivity index (χ3v) is 4.53. The minimum Gasteiger partial charge on any atom is -0.409 e. The van der Waals surface area contributed by atoms with Crippen LogP contribution < -0.4 is 11.1 Å². The first kappa shape index (κ1) is 16.0. The van der Waals surface area contributed by atoms with Crippen LogP contribution in [-0.2, 0) is 0 Å². The first-order valence-corrected chi connectivity index (χ1v) is 7.38. The van der Waals surface area contributed by atoms with Crippen molar-refractivity contribution in [2.75, 3.05) is 6.54 Å². The van der Waals surface area contributed by atoms with Gasteiger partial charge in [0.15, 0.2) is 0 Å².